The molecule has 2 aromatic rings. The van der Waals surface area contributed by atoms with E-state index in [-0.39, 0.29) is 10.0 Å². The van der Waals surface area contributed by atoms with Crippen molar-refractivity contribution in [3.05, 3.63) is 51.2 Å². The van der Waals surface area contributed by atoms with E-state index in [1.165, 1.54) is 6.20 Å². The van der Waals surface area contributed by atoms with Crippen molar-refractivity contribution in [2.24, 2.45) is 0 Å². The fraction of sp³-hybridized carbons (Fsp3) is 0.154. The summed E-state index contributed by atoms with van der Waals surface area (Å²) < 4.78 is 27.6. The molecule has 1 heterocycles. The van der Waals surface area contributed by atoms with Gasteiger partial charge in [-0.1, -0.05) is 17.7 Å². The van der Waals surface area contributed by atoms with Gasteiger partial charge in [-0.05, 0) is 59.1 Å². The van der Waals surface area contributed by atoms with E-state index in [0.29, 0.717) is 10.2 Å². The summed E-state index contributed by atoms with van der Waals surface area (Å²) in [7, 11) is -3.64. The highest BCUT2D eigenvalue weighted by Crippen LogP contribution is 2.25. The Morgan fingerprint density at radius 3 is 2.30 bits per heavy atom. The molecule has 0 saturated heterocycles. The van der Waals surface area contributed by atoms with Gasteiger partial charge in [0, 0.05) is 0 Å². The summed E-state index contributed by atoms with van der Waals surface area (Å²) in [6.07, 6.45) is 1.37. The van der Waals surface area contributed by atoms with Crippen molar-refractivity contribution in [1.82, 2.24) is 4.98 Å². The lowest BCUT2D eigenvalue weighted by molar-refractivity contribution is 0.601. The summed E-state index contributed by atoms with van der Waals surface area (Å²) in [5.41, 5.74) is 2.13. The molecule has 7 heteroatoms. The number of aromatic nitrogens is 1. The van der Waals surface area contributed by atoms with Crippen LogP contribution in [0.3, 0.4) is 0 Å². The largest absolute Gasteiger partial charge is 0.278 e. The zero-order valence-corrected chi connectivity index (χ0v) is 14.0. The molecule has 1 N–H and O–H groups in total. The molecular weight excluding hydrogens is 364 g/mol. The van der Waals surface area contributed by atoms with Gasteiger partial charge in [-0.3, -0.25) is 4.72 Å². The molecule has 0 aliphatic carbocycles. The molecule has 0 amide bonds. The quantitative estimate of drug-likeness (QED) is 0.827. The second-order valence-corrected chi connectivity index (χ2v) is 7.32. The molecule has 1 aromatic carbocycles. The van der Waals surface area contributed by atoms with Crippen LogP contribution in [0.4, 0.5) is 5.69 Å². The highest BCUT2D eigenvalue weighted by atomic mass is 79.9. The van der Waals surface area contributed by atoms with Gasteiger partial charge >= 0.3 is 0 Å². The van der Waals surface area contributed by atoms with Crippen molar-refractivity contribution in [3.63, 3.8) is 0 Å². The molecule has 0 bridgehead atoms. The summed E-state index contributed by atoms with van der Waals surface area (Å²) in [6, 6.07) is 6.72. The van der Waals surface area contributed by atoms with Crippen LogP contribution in [0.15, 0.2) is 39.8 Å². The molecule has 0 aliphatic rings. The van der Waals surface area contributed by atoms with Crippen LogP contribution < -0.4 is 4.72 Å². The molecular formula is C13H12BrClN2O2S. The molecule has 0 unspecified atom stereocenters. The predicted octanol–water partition coefficient (Wildman–Crippen LogP) is 3.92. The molecule has 20 heavy (non-hydrogen) atoms. The molecule has 0 saturated carbocycles. The first kappa shape index (κ1) is 15.3. The lowest BCUT2D eigenvalue weighted by Crippen LogP contribution is -2.13. The normalized spacial score (nSPS) is 11.4. The van der Waals surface area contributed by atoms with Gasteiger partial charge in [-0.15, -0.1) is 0 Å². The van der Waals surface area contributed by atoms with E-state index in [1.54, 1.807) is 18.2 Å². The number of anilines is 1. The lowest BCUT2D eigenvalue weighted by Gasteiger charge is -2.10. The molecule has 4 nitrogen and oxygen atoms in total. The maximum Gasteiger partial charge on any atom is 0.261 e. The van der Waals surface area contributed by atoms with Crippen molar-refractivity contribution in [3.8, 4) is 0 Å². The predicted molar refractivity (Wildman–Crippen MR) is 83.7 cm³/mol. The van der Waals surface area contributed by atoms with Crippen molar-refractivity contribution < 1.29 is 8.42 Å². The second-order valence-electron chi connectivity index (χ2n) is 4.43. The SMILES string of the molecule is Cc1cc(C)cc(S(=O)(=O)Nc2cnc(Cl)c(Br)c2)c1. The third kappa shape index (κ3) is 3.50. The molecule has 106 valence electrons. The second kappa shape index (κ2) is 5.71. The average Bonchev–Trinajstić information content (AvgIpc) is 2.32. The standard InChI is InChI=1S/C13H12BrClN2O2S/c1-8-3-9(2)5-11(4-8)20(18,19)17-10-6-12(14)13(15)16-7-10/h3-7,17H,1-2H3. The molecule has 0 spiro atoms. The molecule has 2 rings (SSSR count). The number of benzene rings is 1. The number of hydrogen-bond donors (Lipinski definition) is 1. The number of sulfonamides is 1. The third-order valence-corrected chi connectivity index (χ3v) is 5.05. The number of hydrogen-bond acceptors (Lipinski definition) is 3. The van der Waals surface area contributed by atoms with E-state index < -0.39 is 10.0 Å². The van der Waals surface area contributed by atoms with Crippen LogP contribution in [0.25, 0.3) is 0 Å². The van der Waals surface area contributed by atoms with E-state index >= 15 is 0 Å². The number of nitrogens with one attached hydrogen (secondary N) is 1. The zero-order chi connectivity index (χ0) is 14.9. The van der Waals surface area contributed by atoms with Crippen LogP contribution in [0, 0.1) is 13.8 Å². The van der Waals surface area contributed by atoms with Crippen LogP contribution in [-0.2, 0) is 10.0 Å². The first-order valence-corrected chi connectivity index (χ1v) is 8.35. The van der Waals surface area contributed by atoms with Gasteiger partial charge in [-0.2, -0.15) is 0 Å². The highest BCUT2D eigenvalue weighted by Gasteiger charge is 2.15. The molecule has 1 aromatic heterocycles. The van der Waals surface area contributed by atoms with Crippen molar-refractivity contribution in [1.29, 1.82) is 0 Å². The fourth-order valence-electron chi connectivity index (χ4n) is 1.78. The van der Waals surface area contributed by atoms with E-state index in [9.17, 15) is 8.42 Å². The van der Waals surface area contributed by atoms with Crippen LogP contribution in [-0.4, -0.2) is 13.4 Å². The first-order valence-electron chi connectivity index (χ1n) is 5.70. The first-order chi connectivity index (χ1) is 9.28. The maximum atomic E-state index is 12.3. The summed E-state index contributed by atoms with van der Waals surface area (Å²) in [5.74, 6) is 0. The minimum absolute atomic E-state index is 0.223. The van der Waals surface area contributed by atoms with Gasteiger partial charge in [-0.25, -0.2) is 13.4 Å². The Labute approximate surface area is 131 Å². The number of aryl methyl sites for hydroxylation is 2. The van der Waals surface area contributed by atoms with Gasteiger partial charge < -0.3 is 0 Å². The van der Waals surface area contributed by atoms with Gasteiger partial charge in [0.25, 0.3) is 10.0 Å². The van der Waals surface area contributed by atoms with Crippen LogP contribution in [0.1, 0.15) is 11.1 Å². The minimum Gasteiger partial charge on any atom is -0.278 e. The minimum atomic E-state index is -3.64. The third-order valence-electron chi connectivity index (χ3n) is 2.55. The summed E-state index contributed by atoms with van der Waals surface area (Å²) in [4.78, 5) is 4.11. The fourth-order valence-corrected chi connectivity index (χ4v) is 3.45. The topological polar surface area (TPSA) is 59.1 Å². The summed E-state index contributed by atoms with van der Waals surface area (Å²) >= 11 is 8.98. The Morgan fingerprint density at radius 1 is 1.15 bits per heavy atom. The smallest absolute Gasteiger partial charge is 0.261 e. The number of rotatable bonds is 3. The van der Waals surface area contributed by atoms with Crippen molar-refractivity contribution in [2.45, 2.75) is 18.7 Å². The van der Waals surface area contributed by atoms with Gasteiger partial charge in [0.1, 0.15) is 5.15 Å². The Balaban J connectivity index is 2.37. The van der Waals surface area contributed by atoms with E-state index in [1.807, 2.05) is 19.9 Å². The average molecular weight is 376 g/mol. The number of nitrogens with zero attached hydrogens (tertiary/aromatic N) is 1. The zero-order valence-electron chi connectivity index (χ0n) is 10.8. The van der Waals surface area contributed by atoms with Crippen molar-refractivity contribution in [2.75, 3.05) is 4.72 Å². The van der Waals surface area contributed by atoms with Crippen LogP contribution in [0.2, 0.25) is 5.15 Å². The van der Waals surface area contributed by atoms with Gasteiger partial charge in [0.15, 0.2) is 0 Å². The van der Waals surface area contributed by atoms with Gasteiger partial charge in [0.05, 0.1) is 21.3 Å². The highest BCUT2D eigenvalue weighted by molar-refractivity contribution is 9.10. The van der Waals surface area contributed by atoms with Crippen LogP contribution >= 0.6 is 27.5 Å². The lowest BCUT2D eigenvalue weighted by atomic mass is 10.2. The number of pyridine rings is 1. The van der Waals surface area contributed by atoms with Gasteiger partial charge in [0.2, 0.25) is 0 Å². The van der Waals surface area contributed by atoms with E-state index in [0.717, 1.165) is 11.1 Å². The molecule has 0 fully saturated rings. The Bertz CT molecular complexity index is 743. The number of halogens is 2. The Kier molecular flexibility index (Phi) is 4.36. The van der Waals surface area contributed by atoms with E-state index in [2.05, 4.69) is 25.6 Å². The molecule has 0 radical (unpaired) electrons. The Morgan fingerprint density at radius 2 is 1.75 bits per heavy atom. The van der Waals surface area contributed by atoms with E-state index in [4.69, 9.17) is 11.6 Å². The molecule has 0 aliphatic heterocycles. The Hall–Kier alpha value is -1.11. The maximum absolute atomic E-state index is 12.3. The van der Waals surface area contributed by atoms with Crippen molar-refractivity contribution >= 4 is 43.2 Å². The summed E-state index contributed by atoms with van der Waals surface area (Å²) in [6.45, 7) is 3.71. The monoisotopic (exact) mass is 374 g/mol. The molecule has 0 atom stereocenters. The van der Waals surface area contributed by atoms with Crippen LogP contribution in [0.5, 0.6) is 0 Å². The summed E-state index contributed by atoms with van der Waals surface area (Å²) in [5, 5.41) is 0.277.